The molecule has 1 aromatic rings. The lowest BCUT2D eigenvalue weighted by Gasteiger charge is -1.98. The van der Waals surface area contributed by atoms with Crippen LogP contribution in [0.25, 0.3) is 6.08 Å². The first-order chi connectivity index (χ1) is 5.74. The van der Waals surface area contributed by atoms with Crippen LogP contribution in [0.15, 0.2) is 12.3 Å². The van der Waals surface area contributed by atoms with E-state index in [9.17, 15) is 0 Å². The van der Waals surface area contributed by atoms with E-state index >= 15 is 0 Å². The smallest absolute Gasteiger partial charge is 0.220 e. The van der Waals surface area contributed by atoms with Gasteiger partial charge in [-0.15, -0.1) is 0 Å². The zero-order valence-corrected chi connectivity index (χ0v) is 7.75. The molecule has 0 spiro atoms. The monoisotopic (exact) mass is 181 g/mol. The summed E-state index contributed by atoms with van der Waals surface area (Å²) in [6, 6.07) is 0. The minimum Gasteiger partial charge on any atom is -0.368 e. The molecule has 0 aliphatic heterocycles. The second kappa shape index (κ2) is 4.11. The maximum absolute atomic E-state index is 5.39. The highest BCUT2D eigenvalue weighted by atomic mass is 32.1. The average Bonchev–Trinajstić information content (AvgIpc) is 2.03. The van der Waals surface area contributed by atoms with Gasteiger partial charge in [-0.05, 0) is 6.92 Å². The van der Waals surface area contributed by atoms with Crippen molar-refractivity contribution in [1.29, 1.82) is 0 Å². The van der Waals surface area contributed by atoms with Gasteiger partial charge < -0.3 is 5.73 Å². The SMILES string of the molecule is Cc1nc(N)ncc1C=CCS. The Kier molecular flexibility index (Phi) is 3.10. The summed E-state index contributed by atoms with van der Waals surface area (Å²) < 4.78 is 0. The van der Waals surface area contributed by atoms with E-state index in [0.717, 1.165) is 11.3 Å². The lowest BCUT2D eigenvalue weighted by atomic mass is 10.2. The molecule has 0 amide bonds. The number of aryl methyl sites for hydroxylation is 1. The van der Waals surface area contributed by atoms with Crippen molar-refractivity contribution in [3.63, 3.8) is 0 Å². The van der Waals surface area contributed by atoms with Crippen LogP contribution in [-0.2, 0) is 0 Å². The van der Waals surface area contributed by atoms with Crippen LogP contribution < -0.4 is 5.73 Å². The first kappa shape index (κ1) is 9.06. The Balaban J connectivity index is 2.94. The number of hydrogen-bond acceptors (Lipinski definition) is 4. The Morgan fingerprint density at radius 1 is 1.67 bits per heavy atom. The molecule has 1 rings (SSSR count). The fourth-order valence-corrected chi connectivity index (χ4v) is 0.943. The molecular formula is C8H11N3S. The van der Waals surface area contributed by atoms with Gasteiger partial charge in [0, 0.05) is 17.5 Å². The molecule has 0 saturated carbocycles. The van der Waals surface area contributed by atoms with E-state index in [1.165, 1.54) is 0 Å². The van der Waals surface area contributed by atoms with Gasteiger partial charge in [-0.1, -0.05) is 12.2 Å². The van der Waals surface area contributed by atoms with Gasteiger partial charge in [-0.2, -0.15) is 12.6 Å². The van der Waals surface area contributed by atoms with Crippen molar-refractivity contribution in [3.05, 3.63) is 23.5 Å². The highest BCUT2D eigenvalue weighted by molar-refractivity contribution is 7.80. The molecule has 0 aliphatic carbocycles. The summed E-state index contributed by atoms with van der Waals surface area (Å²) in [5.41, 5.74) is 7.27. The van der Waals surface area contributed by atoms with Crippen LogP contribution in [0.4, 0.5) is 5.95 Å². The van der Waals surface area contributed by atoms with Crippen molar-refractivity contribution < 1.29 is 0 Å². The summed E-state index contributed by atoms with van der Waals surface area (Å²) in [5, 5.41) is 0. The predicted molar refractivity (Wildman–Crippen MR) is 54.1 cm³/mol. The molecular weight excluding hydrogens is 170 g/mol. The fraction of sp³-hybridized carbons (Fsp3) is 0.250. The molecule has 1 aromatic heterocycles. The Hall–Kier alpha value is -1.03. The summed E-state index contributed by atoms with van der Waals surface area (Å²) in [6.45, 7) is 1.90. The van der Waals surface area contributed by atoms with E-state index < -0.39 is 0 Å². The maximum Gasteiger partial charge on any atom is 0.220 e. The quantitative estimate of drug-likeness (QED) is 0.676. The molecule has 2 N–H and O–H groups in total. The molecule has 0 radical (unpaired) electrons. The molecule has 12 heavy (non-hydrogen) atoms. The summed E-state index contributed by atoms with van der Waals surface area (Å²) >= 11 is 4.05. The van der Waals surface area contributed by atoms with Crippen molar-refractivity contribution in [2.24, 2.45) is 0 Å². The number of aromatic nitrogens is 2. The van der Waals surface area contributed by atoms with Crippen molar-refractivity contribution in [2.45, 2.75) is 6.92 Å². The van der Waals surface area contributed by atoms with Crippen LogP contribution in [0.5, 0.6) is 0 Å². The van der Waals surface area contributed by atoms with Crippen molar-refractivity contribution >= 4 is 24.7 Å². The van der Waals surface area contributed by atoms with E-state index in [1.54, 1.807) is 6.20 Å². The Labute approximate surface area is 77.1 Å². The Morgan fingerprint density at radius 3 is 3.00 bits per heavy atom. The van der Waals surface area contributed by atoms with Crippen LogP contribution in [0.3, 0.4) is 0 Å². The average molecular weight is 181 g/mol. The zero-order valence-electron chi connectivity index (χ0n) is 6.86. The van der Waals surface area contributed by atoms with Crippen molar-refractivity contribution in [3.8, 4) is 0 Å². The highest BCUT2D eigenvalue weighted by Crippen LogP contribution is 2.06. The van der Waals surface area contributed by atoms with Crippen molar-refractivity contribution in [2.75, 3.05) is 11.5 Å². The van der Waals surface area contributed by atoms with Crippen LogP contribution >= 0.6 is 12.6 Å². The van der Waals surface area contributed by atoms with Gasteiger partial charge >= 0.3 is 0 Å². The van der Waals surface area contributed by atoms with E-state index in [4.69, 9.17) is 5.73 Å². The molecule has 0 atom stereocenters. The number of nitrogens with two attached hydrogens (primary N) is 1. The van der Waals surface area contributed by atoms with Gasteiger partial charge in [-0.25, -0.2) is 9.97 Å². The molecule has 0 saturated heterocycles. The molecule has 4 heteroatoms. The lowest BCUT2D eigenvalue weighted by molar-refractivity contribution is 1.11. The molecule has 3 nitrogen and oxygen atoms in total. The lowest BCUT2D eigenvalue weighted by Crippen LogP contribution is -1.97. The first-order valence-electron chi connectivity index (χ1n) is 3.60. The van der Waals surface area contributed by atoms with Gasteiger partial charge in [0.1, 0.15) is 0 Å². The van der Waals surface area contributed by atoms with Crippen LogP contribution in [0.1, 0.15) is 11.3 Å². The van der Waals surface area contributed by atoms with E-state index in [-0.39, 0.29) is 0 Å². The van der Waals surface area contributed by atoms with E-state index in [1.807, 2.05) is 19.1 Å². The number of hydrogen-bond donors (Lipinski definition) is 2. The standard InChI is InChI=1S/C8H11N3S/c1-6-7(3-2-4-12)5-10-8(9)11-6/h2-3,5,12H,4H2,1H3,(H2,9,10,11). The summed E-state index contributed by atoms with van der Waals surface area (Å²) in [7, 11) is 0. The summed E-state index contributed by atoms with van der Waals surface area (Å²) in [4.78, 5) is 7.90. The van der Waals surface area contributed by atoms with Gasteiger partial charge in [0.05, 0.1) is 5.69 Å². The van der Waals surface area contributed by atoms with Gasteiger partial charge in [-0.3, -0.25) is 0 Å². The van der Waals surface area contributed by atoms with E-state index in [2.05, 4.69) is 22.6 Å². The second-order valence-corrected chi connectivity index (χ2v) is 2.72. The zero-order chi connectivity index (χ0) is 8.97. The van der Waals surface area contributed by atoms with Gasteiger partial charge in [0.25, 0.3) is 0 Å². The predicted octanol–water partition coefficient (Wildman–Crippen LogP) is 1.31. The van der Waals surface area contributed by atoms with Crippen LogP contribution in [-0.4, -0.2) is 15.7 Å². The van der Waals surface area contributed by atoms with Crippen LogP contribution in [0, 0.1) is 6.92 Å². The first-order valence-corrected chi connectivity index (χ1v) is 4.24. The fourth-order valence-electron chi connectivity index (χ4n) is 0.838. The molecule has 64 valence electrons. The number of rotatable bonds is 2. The number of nitrogen functional groups attached to an aromatic ring is 1. The number of nitrogens with zero attached hydrogens (tertiary/aromatic N) is 2. The third kappa shape index (κ3) is 2.23. The third-order valence-electron chi connectivity index (χ3n) is 1.44. The molecule has 0 unspecified atom stereocenters. The molecule has 1 heterocycles. The van der Waals surface area contributed by atoms with E-state index in [0.29, 0.717) is 11.7 Å². The Morgan fingerprint density at radius 2 is 2.42 bits per heavy atom. The summed E-state index contributed by atoms with van der Waals surface area (Å²) in [6.07, 6.45) is 5.57. The minimum atomic E-state index is 0.315. The Bertz CT molecular complexity index is 296. The highest BCUT2D eigenvalue weighted by Gasteiger charge is 1.95. The normalized spacial score (nSPS) is 10.8. The van der Waals surface area contributed by atoms with Crippen molar-refractivity contribution in [1.82, 2.24) is 9.97 Å². The third-order valence-corrected chi connectivity index (χ3v) is 1.65. The second-order valence-electron chi connectivity index (χ2n) is 2.35. The largest absolute Gasteiger partial charge is 0.368 e. The minimum absolute atomic E-state index is 0.315. The van der Waals surface area contributed by atoms with Gasteiger partial charge in [0.15, 0.2) is 0 Å². The number of anilines is 1. The molecule has 0 bridgehead atoms. The molecule has 0 aliphatic rings. The number of thiol groups is 1. The molecule has 0 fully saturated rings. The topological polar surface area (TPSA) is 51.8 Å². The van der Waals surface area contributed by atoms with Crippen LogP contribution in [0.2, 0.25) is 0 Å². The maximum atomic E-state index is 5.39. The molecule has 0 aromatic carbocycles. The van der Waals surface area contributed by atoms with Gasteiger partial charge in [0.2, 0.25) is 5.95 Å². The summed E-state index contributed by atoms with van der Waals surface area (Å²) in [5.74, 6) is 1.03.